The van der Waals surface area contributed by atoms with Crippen molar-refractivity contribution in [3.8, 4) is 0 Å². The lowest BCUT2D eigenvalue weighted by molar-refractivity contribution is -0.148. The lowest BCUT2D eigenvalue weighted by atomic mass is 10.3. The van der Waals surface area contributed by atoms with Gasteiger partial charge in [0.05, 0.1) is 19.3 Å². The number of rotatable bonds is 6. The number of nitrogens with zero attached hydrogens (tertiary/aromatic N) is 4. The molecule has 0 fully saturated rings. The highest BCUT2D eigenvalue weighted by molar-refractivity contribution is 5.81. The molecule has 0 aliphatic heterocycles. The summed E-state index contributed by atoms with van der Waals surface area (Å²) in [5, 5.41) is 7.37. The molecule has 0 saturated heterocycles. The Morgan fingerprint density at radius 3 is 2.82 bits per heavy atom. The molecule has 0 saturated carbocycles. The molecule has 17 heavy (non-hydrogen) atoms. The van der Waals surface area contributed by atoms with Crippen molar-refractivity contribution in [1.29, 1.82) is 0 Å². The highest BCUT2D eigenvalue weighted by Gasteiger charge is 2.13. The van der Waals surface area contributed by atoms with Gasteiger partial charge in [-0.05, 0) is 6.92 Å². The monoisotopic (exact) mass is 240 g/mol. The van der Waals surface area contributed by atoms with E-state index in [2.05, 4.69) is 10.3 Å². The Bertz CT molecular complexity index is 364. The third-order valence-corrected chi connectivity index (χ3v) is 2.12. The molecule has 1 heterocycles. The van der Waals surface area contributed by atoms with Crippen LogP contribution in [0.4, 0.5) is 0 Å². The molecule has 1 aromatic rings. The third kappa shape index (κ3) is 4.62. The first-order valence-electron chi connectivity index (χ1n) is 5.37. The topological polar surface area (TPSA) is 77.3 Å². The second-order valence-corrected chi connectivity index (χ2v) is 3.47. The average molecular weight is 240 g/mol. The first kappa shape index (κ1) is 13.1. The predicted octanol–water partition coefficient (Wildman–Crippen LogP) is -0.310. The fourth-order valence-corrected chi connectivity index (χ4v) is 1.24. The first-order chi connectivity index (χ1) is 8.13. The van der Waals surface area contributed by atoms with Crippen molar-refractivity contribution in [3.05, 3.63) is 12.4 Å². The molecule has 94 valence electrons. The SMILES string of the molecule is CCOC(=O)CN(C)C(=O)CCn1ccnn1. The number of aromatic nitrogens is 3. The number of ether oxygens (including phenoxy) is 1. The molecule has 1 aromatic heterocycles. The normalized spacial score (nSPS) is 10.0. The minimum atomic E-state index is -0.399. The Hall–Kier alpha value is -1.92. The standard InChI is InChI=1S/C10H16N4O3/c1-3-17-10(16)8-13(2)9(15)4-6-14-7-5-11-12-14/h5,7H,3-4,6,8H2,1-2H3. The summed E-state index contributed by atoms with van der Waals surface area (Å²) in [5.41, 5.74) is 0. The fraction of sp³-hybridized carbons (Fsp3) is 0.600. The van der Waals surface area contributed by atoms with Gasteiger partial charge in [0.25, 0.3) is 0 Å². The Labute approximate surface area is 99.3 Å². The van der Waals surface area contributed by atoms with Gasteiger partial charge in [-0.3, -0.25) is 14.3 Å². The van der Waals surface area contributed by atoms with Crippen molar-refractivity contribution in [2.45, 2.75) is 19.9 Å². The molecule has 0 unspecified atom stereocenters. The van der Waals surface area contributed by atoms with Gasteiger partial charge in [0, 0.05) is 19.7 Å². The predicted molar refractivity (Wildman–Crippen MR) is 58.9 cm³/mol. The van der Waals surface area contributed by atoms with Crippen LogP contribution in [0.5, 0.6) is 0 Å². The zero-order valence-electron chi connectivity index (χ0n) is 10.00. The summed E-state index contributed by atoms with van der Waals surface area (Å²) in [4.78, 5) is 24.1. The maximum absolute atomic E-state index is 11.6. The van der Waals surface area contributed by atoms with Crippen molar-refractivity contribution in [3.63, 3.8) is 0 Å². The van der Waals surface area contributed by atoms with Crippen LogP contribution in [0.3, 0.4) is 0 Å². The van der Waals surface area contributed by atoms with Gasteiger partial charge in [-0.15, -0.1) is 5.10 Å². The maximum Gasteiger partial charge on any atom is 0.325 e. The van der Waals surface area contributed by atoms with E-state index >= 15 is 0 Å². The smallest absolute Gasteiger partial charge is 0.325 e. The number of likely N-dealkylation sites (N-methyl/N-ethyl adjacent to an activating group) is 1. The first-order valence-corrected chi connectivity index (χ1v) is 5.37. The van der Waals surface area contributed by atoms with E-state index in [4.69, 9.17) is 4.74 Å². The van der Waals surface area contributed by atoms with E-state index in [9.17, 15) is 9.59 Å². The Balaban J connectivity index is 2.29. The molecular weight excluding hydrogens is 224 g/mol. The molecular formula is C10H16N4O3. The molecule has 7 nitrogen and oxygen atoms in total. The van der Waals surface area contributed by atoms with Crippen molar-refractivity contribution in [2.24, 2.45) is 0 Å². The second kappa shape index (κ2) is 6.62. The molecule has 1 amide bonds. The quantitative estimate of drug-likeness (QED) is 0.637. The zero-order valence-corrected chi connectivity index (χ0v) is 10.00. The van der Waals surface area contributed by atoms with Crippen LogP contribution in [-0.2, 0) is 20.9 Å². The summed E-state index contributed by atoms with van der Waals surface area (Å²) in [7, 11) is 1.57. The van der Waals surface area contributed by atoms with Gasteiger partial charge in [0.2, 0.25) is 5.91 Å². The summed E-state index contributed by atoms with van der Waals surface area (Å²) in [6.45, 7) is 2.47. The van der Waals surface area contributed by atoms with Crippen LogP contribution in [-0.4, -0.2) is 52.0 Å². The summed E-state index contributed by atoms with van der Waals surface area (Å²) < 4.78 is 6.32. The molecule has 0 bridgehead atoms. The van der Waals surface area contributed by atoms with Gasteiger partial charge in [0.15, 0.2) is 0 Å². The molecule has 0 spiro atoms. The van der Waals surface area contributed by atoms with Crippen molar-refractivity contribution < 1.29 is 14.3 Å². The van der Waals surface area contributed by atoms with E-state index in [1.165, 1.54) is 4.90 Å². The van der Waals surface area contributed by atoms with Crippen molar-refractivity contribution in [2.75, 3.05) is 20.2 Å². The van der Waals surface area contributed by atoms with Crippen LogP contribution in [0.15, 0.2) is 12.4 Å². The minimum absolute atomic E-state index is 0.0238. The highest BCUT2D eigenvalue weighted by atomic mass is 16.5. The summed E-state index contributed by atoms with van der Waals surface area (Å²) >= 11 is 0. The van der Waals surface area contributed by atoms with Crippen molar-refractivity contribution in [1.82, 2.24) is 19.9 Å². The summed E-state index contributed by atoms with van der Waals surface area (Å²) in [6, 6.07) is 0. The van der Waals surface area contributed by atoms with Gasteiger partial charge in [-0.2, -0.15) is 0 Å². The number of carbonyl (C=O) groups excluding carboxylic acids is 2. The Kier molecular flexibility index (Phi) is 5.12. The molecule has 7 heteroatoms. The lowest BCUT2D eigenvalue weighted by Gasteiger charge is -2.15. The average Bonchev–Trinajstić information content (AvgIpc) is 2.78. The van der Waals surface area contributed by atoms with E-state index in [1.54, 1.807) is 31.0 Å². The Morgan fingerprint density at radius 1 is 1.47 bits per heavy atom. The van der Waals surface area contributed by atoms with E-state index < -0.39 is 5.97 Å². The van der Waals surface area contributed by atoms with E-state index in [-0.39, 0.29) is 18.9 Å². The number of hydrogen-bond donors (Lipinski definition) is 0. The Morgan fingerprint density at radius 2 is 2.24 bits per heavy atom. The molecule has 1 rings (SSSR count). The van der Waals surface area contributed by atoms with Crippen LogP contribution in [0.2, 0.25) is 0 Å². The summed E-state index contributed by atoms with van der Waals surface area (Å²) in [6.07, 6.45) is 3.50. The molecule has 0 radical (unpaired) electrons. The minimum Gasteiger partial charge on any atom is -0.465 e. The fourth-order valence-electron chi connectivity index (χ4n) is 1.24. The van der Waals surface area contributed by atoms with Crippen LogP contribution >= 0.6 is 0 Å². The van der Waals surface area contributed by atoms with Crippen LogP contribution < -0.4 is 0 Å². The molecule has 0 atom stereocenters. The zero-order chi connectivity index (χ0) is 12.7. The lowest BCUT2D eigenvalue weighted by Crippen LogP contribution is -2.33. The number of esters is 1. The van der Waals surface area contributed by atoms with Crippen LogP contribution in [0, 0.1) is 0 Å². The van der Waals surface area contributed by atoms with Crippen LogP contribution in [0.25, 0.3) is 0 Å². The second-order valence-electron chi connectivity index (χ2n) is 3.47. The third-order valence-electron chi connectivity index (χ3n) is 2.12. The number of carbonyl (C=O) groups is 2. The molecule has 0 aromatic carbocycles. The van der Waals surface area contributed by atoms with Gasteiger partial charge < -0.3 is 9.64 Å². The molecule has 0 N–H and O–H groups in total. The van der Waals surface area contributed by atoms with Gasteiger partial charge in [0.1, 0.15) is 6.54 Å². The van der Waals surface area contributed by atoms with Crippen molar-refractivity contribution >= 4 is 11.9 Å². The number of amides is 1. The van der Waals surface area contributed by atoms with E-state index in [1.807, 2.05) is 0 Å². The summed E-state index contributed by atoms with van der Waals surface area (Å²) in [5.74, 6) is -0.530. The van der Waals surface area contributed by atoms with Crippen LogP contribution in [0.1, 0.15) is 13.3 Å². The number of aryl methyl sites for hydroxylation is 1. The maximum atomic E-state index is 11.6. The van der Waals surface area contributed by atoms with Gasteiger partial charge in [-0.1, -0.05) is 5.21 Å². The number of hydrogen-bond acceptors (Lipinski definition) is 5. The van der Waals surface area contributed by atoms with E-state index in [0.717, 1.165) is 0 Å². The molecule has 0 aliphatic carbocycles. The van der Waals surface area contributed by atoms with E-state index in [0.29, 0.717) is 13.2 Å². The highest BCUT2D eigenvalue weighted by Crippen LogP contribution is 1.95. The molecule has 0 aliphatic rings. The van der Waals surface area contributed by atoms with Gasteiger partial charge in [-0.25, -0.2) is 0 Å². The van der Waals surface area contributed by atoms with Gasteiger partial charge >= 0.3 is 5.97 Å². The largest absolute Gasteiger partial charge is 0.465 e.